The monoisotopic (exact) mass is 451 g/mol. The summed E-state index contributed by atoms with van der Waals surface area (Å²) >= 11 is 5.93. The molecular formula is C25H26ClN3O3. The number of nitrogens with one attached hydrogen (secondary N) is 2. The van der Waals surface area contributed by atoms with E-state index >= 15 is 0 Å². The van der Waals surface area contributed by atoms with Crippen molar-refractivity contribution in [2.24, 2.45) is 0 Å². The lowest BCUT2D eigenvalue weighted by Gasteiger charge is -2.16. The topological polar surface area (TPSA) is 80.2 Å². The third-order valence-corrected chi connectivity index (χ3v) is 5.49. The van der Waals surface area contributed by atoms with Crippen LogP contribution in [0.3, 0.4) is 0 Å². The molecule has 0 aliphatic carbocycles. The average Bonchev–Trinajstić information content (AvgIpc) is 2.80. The van der Waals surface area contributed by atoms with Gasteiger partial charge in [-0.25, -0.2) is 0 Å². The number of nitrogens with zero attached hydrogens (tertiary/aromatic N) is 1. The number of aromatic nitrogens is 1. The van der Waals surface area contributed by atoms with E-state index in [4.69, 9.17) is 11.6 Å². The molecule has 0 fully saturated rings. The van der Waals surface area contributed by atoms with Crippen LogP contribution in [-0.4, -0.2) is 23.4 Å². The molecule has 2 aromatic carbocycles. The Labute approximate surface area is 192 Å². The van der Waals surface area contributed by atoms with Crippen molar-refractivity contribution in [3.05, 3.63) is 104 Å². The Morgan fingerprint density at radius 2 is 1.59 bits per heavy atom. The van der Waals surface area contributed by atoms with E-state index in [0.29, 0.717) is 11.6 Å². The summed E-state index contributed by atoms with van der Waals surface area (Å²) in [4.78, 5) is 38.1. The van der Waals surface area contributed by atoms with Gasteiger partial charge < -0.3 is 15.2 Å². The first-order valence-electron chi connectivity index (χ1n) is 10.5. The van der Waals surface area contributed by atoms with Crippen LogP contribution in [0.5, 0.6) is 0 Å². The van der Waals surface area contributed by atoms with Crippen molar-refractivity contribution in [2.45, 2.75) is 32.4 Å². The van der Waals surface area contributed by atoms with Crippen molar-refractivity contribution in [1.29, 1.82) is 0 Å². The van der Waals surface area contributed by atoms with Gasteiger partial charge in [0.15, 0.2) is 0 Å². The number of hydrogen-bond acceptors (Lipinski definition) is 3. The summed E-state index contributed by atoms with van der Waals surface area (Å²) in [6.45, 7) is 2.38. The van der Waals surface area contributed by atoms with Crippen molar-refractivity contribution >= 4 is 23.4 Å². The third kappa shape index (κ3) is 5.86. The van der Waals surface area contributed by atoms with Gasteiger partial charge in [-0.2, -0.15) is 0 Å². The van der Waals surface area contributed by atoms with Crippen molar-refractivity contribution in [2.75, 3.05) is 7.05 Å². The lowest BCUT2D eigenvalue weighted by molar-refractivity contribution is 0.0938. The molecule has 3 rings (SSSR count). The Morgan fingerprint density at radius 1 is 0.969 bits per heavy atom. The molecule has 0 saturated carbocycles. The molecule has 1 atom stereocenters. The van der Waals surface area contributed by atoms with Crippen LogP contribution in [-0.2, 0) is 13.0 Å². The highest BCUT2D eigenvalue weighted by Gasteiger charge is 2.20. The lowest BCUT2D eigenvalue weighted by Crippen LogP contribution is -2.35. The highest BCUT2D eigenvalue weighted by atomic mass is 35.5. The zero-order valence-corrected chi connectivity index (χ0v) is 18.9. The number of halogens is 1. The zero-order valence-electron chi connectivity index (χ0n) is 18.1. The second-order valence-corrected chi connectivity index (χ2v) is 8.00. The van der Waals surface area contributed by atoms with Crippen LogP contribution in [0.2, 0.25) is 5.02 Å². The second-order valence-electron chi connectivity index (χ2n) is 7.57. The minimum absolute atomic E-state index is 0.0565. The maximum absolute atomic E-state index is 12.9. The first-order valence-corrected chi connectivity index (χ1v) is 10.8. The largest absolute Gasteiger partial charge is 0.355 e. The van der Waals surface area contributed by atoms with E-state index < -0.39 is 17.2 Å². The molecular weight excluding hydrogens is 426 g/mol. The van der Waals surface area contributed by atoms with Crippen LogP contribution in [0.15, 0.2) is 71.8 Å². The van der Waals surface area contributed by atoms with Crippen LogP contribution in [0.25, 0.3) is 0 Å². The van der Waals surface area contributed by atoms with E-state index in [0.717, 1.165) is 18.4 Å². The van der Waals surface area contributed by atoms with E-state index in [1.165, 1.54) is 25.0 Å². The molecule has 0 radical (unpaired) electrons. The van der Waals surface area contributed by atoms with Gasteiger partial charge in [0.1, 0.15) is 11.1 Å². The van der Waals surface area contributed by atoms with E-state index in [1.807, 2.05) is 37.3 Å². The van der Waals surface area contributed by atoms with Gasteiger partial charge in [0, 0.05) is 31.0 Å². The molecule has 0 aliphatic rings. The summed E-state index contributed by atoms with van der Waals surface area (Å²) in [6, 6.07) is 16.8. The van der Waals surface area contributed by atoms with Crippen LogP contribution >= 0.6 is 11.6 Å². The van der Waals surface area contributed by atoms with E-state index in [2.05, 4.69) is 22.8 Å². The minimum atomic E-state index is -0.593. The van der Waals surface area contributed by atoms with Crippen molar-refractivity contribution in [1.82, 2.24) is 15.2 Å². The van der Waals surface area contributed by atoms with Crippen molar-refractivity contribution in [3.63, 3.8) is 0 Å². The van der Waals surface area contributed by atoms with E-state index in [-0.39, 0.29) is 17.2 Å². The molecule has 32 heavy (non-hydrogen) atoms. The third-order valence-electron chi connectivity index (χ3n) is 5.24. The Balaban J connectivity index is 1.81. The summed E-state index contributed by atoms with van der Waals surface area (Å²) in [5, 5.41) is 5.91. The lowest BCUT2D eigenvalue weighted by atomic mass is 10.1. The molecule has 0 spiro atoms. The predicted octanol–water partition coefficient (Wildman–Crippen LogP) is 3.99. The van der Waals surface area contributed by atoms with Gasteiger partial charge in [-0.05, 0) is 43.0 Å². The molecule has 7 heteroatoms. The molecule has 6 nitrogen and oxygen atoms in total. The highest BCUT2D eigenvalue weighted by Crippen LogP contribution is 2.16. The molecule has 1 heterocycles. The first kappa shape index (κ1) is 23.3. The smallest absolute Gasteiger partial charge is 0.257 e. The van der Waals surface area contributed by atoms with Crippen LogP contribution < -0.4 is 16.1 Å². The fourth-order valence-electron chi connectivity index (χ4n) is 3.44. The highest BCUT2D eigenvalue weighted by molar-refractivity contribution is 6.30. The van der Waals surface area contributed by atoms with Crippen molar-refractivity contribution < 1.29 is 9.59 Å². The number of carbonyl (C=O) groups is 2. The van der Waals surface area contributed by atoms with Crippen LogP contribution in [0, 0.1) is 0 Å². The molecule has 0 aliphatic heterocycles. The Kier molecular flexibility index (Phi) is 7.84. The van der Waals surface area contributed by atoms with Gasteiger partial charge in [-0.15, -0.1) is 0 Å². The van der Waals surface area contributed by atoms with Crippen LogP contribution in [0.4, 0.5) is 0 Å². The van der Waals surface area contributed by atoms with Gasteiger partial charge in [-0.1, -0.05) is 54.1 Å². The molecule has 1 aromatic heterocycles. The summed E-state index contributed by atoms with van der Waals surface area (Å²) in [7, 11) is 1.46. The Bertz CT molecular complexity index is 1140. The van der Waals surface area contributed by atoms with Crippen LogP contribution in [0.1, 0.15) is 51.2 Å². The standard InChI is InChI=1S/C25H26ClN3O3/c1-17(19-10-12-20(26)13-11-19)28-25(32)22-16-29(15-21(23(22)30)24(31)27-2)14-6-9-18-7-4-3-5-8-18/h3-5,7-8,10-13,15-17H,6,9,14H2,1-2H3,(H,27,31)(H,28,32)/t17-/m0/s1. The number of aryl methyl sites for hydroxylation is 2. The minimum Gasteiger partial charge on any atom is -0.355 e. The second kappa shape index (κ2) is 10.8. The summed E-state index contributed by atoms with van der Waals surface area (Å²) < 4.78 is 1.73. The summed E-state index contributed by atoms with van der Waals surface area (Å²) in [5.41, 5.74) is 1.35. The van der Waals surface area contributed by atoms with Gasteiger partial charge in [0.05, 0.1) is 6.04 Å². The maximum atomic E-state index is 12.9. The molecule has 2 amide bonds. The number of carbonyl (C=O) groups excluding carboxylic acids is 2. The number of rotatable bonds is 8. The number of hydrogen-bond donors (Lipinski definition) is 2. The number of amides is 2. The molecule has 0 bridgehead atoms. The molecule has 166 valence electrons. The number of benzene rings is 2. The molecule has 3 aromatic rings. The van der Waals surface area contributed by atoms with E-state index in [9.17, 15) is 14.4 Å². The quantitative estimate of drug-likeness (QED) is 0.543. The van der Waals surface area contributed by atoms with E-state index in [1.54, 1.807) is 16.7 Å². The average molecular weight is 452 g/mol. The fourth-order valence-corrected chi connectivity index (χ4v) is 3.56. The Hall–Kier alpha value is -3.38. The van der Waals surface area contributed by atoms with Gasteiger partial charge >= 0.3 is 0 Å². The zero-order chi connectivity index (χ0) is 23.1. The summed E-state index contributed by atoms with van der Waals surface area (Å²) in [6.07, 6.45) is 4.66. The molecule has 0 unspecified atom stereocenters. The fraction of sp³-hybridized carbons (Fsp3) is 0.240. The normalized spacial score (nSPS) is 11.6. The predicted molar refractivity (Wildman–Crippen MR) is 126 cm³/mol. The summed E-state index contributed by atoms with van der Waals surface area (Å²) in [5.74, 6) is -1.05. The van der Waals surface area contributed by atoms with Gasteiger partial charge in [0.25, 0.3) is 11.8 Å². The Morgan fingerprint density at radius 3 is 2.22 bits per heavy atom. The molecule has 0 saturated heterocycles. The van der Waals surface area contributed by atoms with Gasteiger partial charge in [0.2, 0.25) is 5.43 Å². The first-order chi connectivity index (χ1) is 15.4. The van der Waals surface area contributed by atoms with Gasteiger partial charge in [-0.3, -0.25) is 14.4 Å². The van der Waals surface area contributed by atoms with Crippen molar-refractivity contribution in [3.8, 4) is 0 Å². The number of pyridine rings is 1. The SMILES string of the molecule is CNC(=O)c1cn(CCCc2ccccc2)cc(C(=O)N[C@@H](C)c2ccc(Cl)cc2)c1=O. The maximum Gasteiger partial charge on any atom is 0.257 e. The molecule has 2 N–H and O–H groups in total.